The van der Waals surface area contributed by atoms with E-state index in [4.69, 9.17) is 4.74 Å². The van der Waals surface area contributed by atoms with E-state index in [9.17, 15) is 9.59 Å². The molecule has 0 bridgehead atoms. The summed E-state index contributed by atoms with van der Waals surface area (Å²) >= 11 is 0. The molecular weight excluding hydrogens is 340 g/mol. The van der Waals surface area contributed by atoms with Crippen molar-refractivity contribution < 1.29 is 14.3 Å². The van der Waals surface area contributed by atoms with Gasteiger partial charge in [-0.15, -0.1) is 0 Å². The fourth-order valence-electron chi connectivity index (χ4n) is 4.30. The third kappa shape index (κ3) is 5.32. The van der Waals surface area contributed by atoms with Gasteiger partial charge in [-0.05, 0) is 45.1 Å². The van der Waals surface area contributed by atoms with Crippen LogP contribution in [0.5, 0.6) is 0 Å². The summed E-state index contributed by atoms with van der Waals surface area (Å²) in [6.07, 6.45) is 4.54. The molecular formula is C22H32N2O3. The third-order valence-corrected chi connectivity index (χ3v) is 5.82. The Labute approximate surface area is 162 Å². The lowest BCUT2D eigenvalue weighted by molar-refractivity contribution is -0.146. The van der Waals surface area contributed by atoms with Crippen LogP contribution in [-0.4, -0.2) is 60.5 Å². The lowest BCUT2D eigenvalue weighted by Crippen LogP contribution is -2.55. The molecule has 0 unspecified atom stereocenters. The number of carbonyl (C=O) groups excluding carboxylic acids is 2. The predicted molar refractivity (Wildman–Crippen MR) is 105 cm³/mol. The summed E-state index contributed by atoms with van der Waals surface area (Å²) in [5, 5.41) is 0. The zero-order valence-electron chi connectivity index (χ0n) is 16.7. The van der Waals surface area contributed by atoms with Crippen LogP contribution in [0.2, 0.25) is 0 Å². The van der Waals surface area contributed by atoms with Crippen molar-refractivity contribution in [3.63, 3.8) is 0 Å². The predicted octanol–water partition coefficient (Wildman–Crippen LogP) is 2.89. The van der Waals surface area contributed by atoms with Gasteiger partial charge in [-0.1, -0.05) is 30.3 Å². The van der Waals surface area contributed by atoms with E-state index >= 15 is 0 Å². The Morgan fingerprint density at radius 3 is 2.70 bits per heavy atom. The molecule has 148 valence electrons. The summed E-state index contributed by atoms with van der Waals surface area (Å²) in [7, 11) is 0. The molecule has 5 nitrogen and oxygen atoms in total. The number of amides is 2. The highest BCUT2D eigenvalue weighted by Gasteiger charge is 2.42. The number of benzene rings is 1. The molecule has 1 aromatic rings. The standard InChI is InChI=1S/C22H32N2O3/c1-18(2)27-15-21(26)23-13-6-11-22(16-23)12-9-20(25)24(17-22)14-10-19-7-4-3-5-8-19/h3-5,7-8,18H,6,9-17H2,1-2H3/t22-/m1/s1. The van der Waals surface area contributed by atoms with Gasteiger partial charge in [-0.3, -0.25) is 9.59 Å². The van der Waals surface area contributed by atoms with Crippen LogP contribution in [0.3, 0.4) is 0 Å². The van der Waals surface area contributed by atoms with Crippen molar-refractivity contribution in [1.82, 2.24) is 9.80 Å². The van der Waals surface area contributed by atoms with Crippen LogP contribution < -0.4 is 0 Å². The SMILES string of the molecule is CC(C)OCC(=O)N1CCC[C@@]2(CCC(=O)N(CCc3ccccc3)C2)C1. The van der Waals surface area contributed by atoms with E-state index in [-0.39, 0.29) is 29.9 Å². The second-order valence-corrected chi connectivity index (χ2v) is 8.33. The molecule has 2 heterocycles. The normalized spacial score (nSPS) is 23.3. The van der Waals surface area contributed by atoms with E-state index in [1.165, 1.54) is 5.56 Å². The Bertz CT molecular complexity index is 646. The molecule has 2 saturated heterocycles. The van der Waals surface area contributed by atoms with Crippen LogP contribution in [0, 0.1) is 5.41 Å². The minimum atomic E-state index is 0.0519. The number of nitrogens with zero attached hydrogens (tertiary/aromatic N) is 2. The molecule has 5 heteroatoms. The maximum atomic E-state index is 12.5. The smallest absolute Gasteiger partial charge is 0.248 e. The zero-order chi connectivity index (χ0) is 19.3. The molecule has 1 aromatic carbocycles. The molecule has 0 N–H and O–H groups in total. The van der Waals surface area contributed by atoms with Crippen LogP contribution in [0.25, 0.3) is 0 Å². The summed E-state index contributed by atoms with van der Waals surface area (Å²) in [5.41, 5.74) is 1.31. The minimum absolute atomic E-state index is 0.0519. The maximum absolute atomic E-state index is 12.5. The van der Waals surface area contributed by atoms with Gasteiger partial charge >= 0.3 is 0 Å². The lowest BCUT2D eigenvalue weighted by atomic mass is 9.73. The number of likely N-dealkylation sites (tertiary alicyclic amines) is 2. The number of rotatable bonds is 6. The van der Waals surface area contributed by atoms with Gasteiger partial charge in [0.15, 0.2) is 0 Å². The number of hydrogen-bond acceptors (Lipinski definition) is 3. The molecule has 27 heavy (non-hydrogen) atoms. The van der Waals surface area contributed by atoms with Crippen molar-refractivity contribution in [2.75, 3.05) is 32.8 Å². The zero-order valence-corrected chi connectivity index (χ0v) is 16.7. The van der Waals surface area contributed by atoms with Gasteiger partial charge in [-0.2, -0.15) is 0 Å². The Balaban J connectivity index is 1.59. The fraction of sp³-hybridized carbons (Fsp3) is 0.636. The van der Waals surface area contributed by atoms with Crippen molar-refractivity contribution in [3.05, 3.63) is 35.9 Å². The number of piperidine rings is 2. The van der Waals surface area contributed by atoms with Crippen LogP contribution in [0.15, 0.2) is 30.3 Å². The first-order valence-electron chi connectivity index (χ1n) is 10.2. The topological polar surface area (TPSA) is 49.9 Å². The maximum Gasteiger partial charge on any atom is 0.248 e. The van der Waals surface area contributed by atoms with E-state index in [0.717, 1.165) is 51.9 Å². The molecule has 1 spiro atoms. The molecule has 1 atom stereocenters. The van der Waals surface area contributed by atoms with Gasteiger partial charge < -0.3 is 14.5 Å². The highest BCUT2D eigenvalue weighted by atomic mass is 16.5. The largest absolute Gasteiger partial charge is 0.369 e. The van der Waals surface area contributed by atoms with Crippen molar-refractivity contribution in [1.29, 1.82) is 0 Å². The van der Waals surface area contributed by atoms with Crippen LogP contribution in [-0.2, 0) is 20.7 Å². The van der Waals surface area contributed by atoms with Crippen LogP contribution >= 0.6 is 0 Å². The summed E-state index contributed by atoms with van der Waals surface area (Å²) in [6, 6.07) is 10.3. The third-order valence-electron chi connectivity index (χ3n) is 5.82. The molecule has 0 saturated carbocycles. The van der Waals surface area contributed by atoms with Crippen LogP contribution in [0.1, 0.15) is 45.1 Å². The summed E-state index contributed by atoms with van der Waals surface area (Å²) < 4.78 is 5.50. The summed E-state index contributed by atoms with van der Waals surface area (Å²) in [6.45, 7) is 7.14. The minimum Gasteiger partial charge on any atom is -0.369 e. The molecule has 2 aliphatic rings. The molecule has 3 rings (SSSR count). The van der Waals surface area contributed by atoms with Gasteiger partial charge in [-0.25, -0.2) is 0 Å². The van der Waals surface area contributed by atoms with E-state index in [0.29, 0.717) is 6.42 Å². The average Bonchev–Trinajstić information content (AvgIpc) is 2.68. The Morgan fingerprint density at radius 1 is 1.19 bits per heavy atom. The first-order chi connectivity index (χ1) is 13.0. The van der Waals surface area contributed by atoms with Crippen molar-refractivity contribution in [2.24, 2.45) is 5.41 Å². The van der Waals surface area contributed by atoms with Gasteiger partial charge in [0.1, 0.15) is 6.61 Å². The van der Waals surface area contributed by atoms with Gasteiger partial charge in [0.05, 0.1) is 6.10 Å². The van der Waals surface area contributed by atoms with E-state index in [2.05, 4.69) is 12.1 Å². The lowest BCUT2D eigenvalue weighted by Gasteiger charge is -2.48. The quantitative estimate of drug-likeness (QED) is 0.771. The van der Waals surface area contributed by atoms with Gasteiger partial charge in [0, 0.05) is 38.0 Å². The fourth-order valence-corrected chi connectivity index (χ4v) is 4.30. The number of hydrogen-bond donors (Lipinski definition) is 0. The first kappa shape index (κ1) is 19.9. The van der Waals surface area contributed by atoms with Crippen molar-refractivity contribution in [3.8, 4) is 0 Å². The van der Waals surface area contributed by atoms with E-state index in [1.807, 2.05) is 41.8 Å². The van der Waals surface area contributed by atoms with Crippen molar-refractivity contribution >= 4 is 11.8 Å². The average molecular weight is 373 g/mol. The first-order valence-corrected chi connectivity index (χ1v) is 10.2. The monoisotopic (exact) mass is 372 g/mol. The molecule has 0 radical (unpaired) electrons. The van der Waals surface area contributed by atoms with Crippen molar-refractivity contribution in [2.45, 2.75) is 52.1 Å². The summed E-state index contributed by atoms with van der Waals surface area (Å²) in [4.78, 5) is 28.9. The second kappa shape index (κ2) is 8.87. The molecule has 0 aromatic heterocycles. The van der Waals surface area contributed by atoms with E-state index < -0.39 is 0 Å². The van der Waals surface area contributed by atoms with E-state index in [1.54, 1.807) is 0 Å². The molecule has 2 amide bonds. The van der Waals surface area contributed by atoms with Gasteiger partial charge in [0.25, 0.3) is 0 Å². The highest BCUT2D eigenvalue weighted by Crippen LogP contribution is 2.39. The number of ether oxygens (including phenoxy) is 1. The second-order valence-electron chi connectivity index (χ2n) is 8.33. The Hall–Kier alpha value is -1.88. The highest BCUT2D eigenvalue weighted by molar-refractivity contribution is 5.78. The Kier molecular flexibility index (Phi) is 6.53. The molecule has 2 aliphatic heterocycles. The van der Waals surface area contributed by atoms with Gasteiger partial charge in [0.2, 0.25) is 11.8 Å². The molecule has 2 fully saturated rings. The number of carbonyl (C=O) groups is 2. The summed E-state index contributed by atoms with van der Waals surface area (Å²) in [5.74, 6) is 0.332. The molecule has 0 aliphatic carbocycles. The Morgan fingerprint density at radius 2 is 1.96 bits per heavy atom. The van der Waals surface area contributed by atoms with Crippen LogP contribution in [0.4, 0.5) is 0 Å².